The molecule has 136 valence electrons. The number of carbonyl (C=O) groups excluding carboxylic acids is 1. The van der Waals surface area contributed by atoms with Crippen LogP contribution in [0.5, 0.6) is 0 Å². The number of carbonyl (C=O) groups is 2. The second-order valence-corrected chi connectivity index (χ2v) is 7.62. The first-order valence-corrected chi connectivity index (χ1v) is 9.71. The quantitative estimate of drug-likeness (QED) is 0.903. The molecule has 3 rings (SSSR count). The monoisotopic (exact) mass is 343 g/mol. The fraction of sp³-hybridized carbons (Fsp3) is 0.619. The van der Waals surface area contributed by atoms with E-state index in [2.05, 4.69) is 0 Å². The average molecular weight is 343 g/mol. The van der Waals surface area contributed by atoms with Crippen LogP contribution in [0.4, 0.5) is 0 Å². The van der Waals surface area contributed by atoms with Gasteiger partial charge in [0.05, 0.1) is 5.41 Å². The van der Waals surface area contributed by atoms with Gasteiger partial charge >= 0.3 is 5.97 Å². The summed E-state index contributed by atoms with van der Waals surface area (Å²) >= 11 is 0. The molecule has 4 heteroatoms. The molecule has 1 N–H and O–H groups in total. The van der Waals surface area contributed by atoms with Crippen LogP contribution in [0, 0.1) is 5.92 Å². The van der Waals surface area contributed by atoms with Gasteiger partial charge in [-0.25, -0.2) is 0 Å². The Morgan fingerprint density at radius 1 is 0.920 bits per heavy atom. The third kappa shape index (κ3) is 3.88. The summed E-state index contributed by atoms with van der Waals surface area (Å²) in [5.41, 5.74) is 0.0134. The highest BCUT2D eigenvalue weighted by molar-refractivity contribution is 5.83. The number of carboxylic acid groups (broad SMARTS) is 1. The molecule has 0 atom stereocenters. The molecule has 1 saturated carbocycles. The summed E-state index contributed by atoms with van der Waals surface area (Å²) in [4.78, 5) is 26.9. The third-order valence-electron chi connectivity index (χ3n) is 6.12. The van der Waals surface area contributed by atoms with E-state index in [1.165, 1.54) is 19.3 Å². The van der Waals surface area contributed by atoms with Crippen molar-refractivity contribution in [3.05, 3.63) is 35.9 Å². The zero-order chi connectivity index (χ0) is 17.7. The molecule has 1 aromatic rings. The number of carboxylic acids is 1. The van der Waals surface area contributed by atoms with E-state index >= 15 is 0 Å². The van der Waals surface area contributed by atoms with Crippen LogP contribution >= 0.6 is 0 Å². The highest BCUT2D eigenvalue weighted by Crippen LogP contribution is 2.37. The predicted octanol–water partition coefficient (Wildman–Crippen LogP) is 3.99. The summed E-state index contributed by atoms with van der Waals surface area (Å²) < 4.78 is 0. The number of nitrogens with zero attached hydrogens (tertiary/aromatic N) is 1. The van der Waals surface area contributed by atoms with E-state index in [-0.39, 0.29) is 11.8 Å². The minimum atomic E-state index is -0.848. The third-order valence-corrected chi connectivity index (χ3v) is 6.12. The molecule has 4 nitrogen and oxygen atoms in total. The number of hydrogen-bond acceptors (Lipinski definition) is 2. The highest BCUT2D eigenvalue weighted by atomic mass is 16.4. The summed E-state index contributed by atoms with van der Waals surface area (Å²) in [7, 11) is 0. The maximum atomic E-state index is 12.9. The molecule has 1 amide bonds. The molecular weight excluding hydrogens is 314 g/mol. The highest BCUT2D eigenvalue weighted by Gasteiger charge is 2.44. The maximum Gasteiger partial charge on any atom is 0.314 e. The van der Waals surface area contributed by atoms with Gasteiger partial charge in [0.25, 0.3) is 0 Å². The number of likely N-dealkylation sites (tertiary alicyclic amines) is 1. The predicted molar refractivity (Wildman–Crippen MR) is 97.4 cm³/mol. The molecule has 25 heavy (non-hydrogen) atoms. The largest absolute Gasteiger partial charge is 0.481 e. The molecule has 1 heterocycles. The molecule has 1 aliphatic carbocycles. The van der Waals surface area contributed by atoms with Crippen molar-refractivity contribution < 1.29 is 14.7 Å². The Balaban J connectivity index is 1.67. The van der Waals surface area contributed by atoms with Gasteiger partial charge in [-0.2, -0.15) is 0 Å². The van der Waals surface area contributed by atoms with E-state index in [0.29, 0.717) is 25.9 Å². The SMILES string of the molecule is O=C(C1CCCCCCC1)N1CCC(C(=O)O)(c2ccccc2)CC1. The van der Waals surface area contributed by atoms with Gasteiger partial charge in [0.15, 0.2) is 0 Å². The molecule has 0 radical (unpaired) electrons. The Morgan fingerprint density at radius 3 is 2.04 bits per heavy atom. The zero-order valence-electron chi connectivity index (χ0n) is 15.0. The Bertz CT molecular complexity index is 582. The van der Waals surface area contributed by atoms with Crippen molar-refractivity contribution in [3.8, 4) is 0 Å². The minimum Gasteiger partial charge on any atom is -0.481 e. The first kappa shape index (κ1) is 18.0. The molecule has 0 bridgehead atoms. The molecule has 1 aromatic carbocycles. The van der Waals surface area contributed by atoms with Gasteiger partial charge < -0.3 is 10.0 Å². The van der Waals surface area contributed by atoms with E-state index in [1.807, 2.05) is 35.2 Å². The van der Waals surface area contributed by atoms with Gasteiger partial charge in [-0.1, -0.05) is 62.4 Å². The van der Waals surface area contributed by atoms with E-state index < -0.39 is 11.4 Å². The summed E-state index contributed by atoms with van der Waals surface area (Å²) in [6, 6.07) is 9.51. The van der Waals surface area contributed by atoms with Gasteiger partial charge in [-0.3, -0.25) is 9.59 Å². The van der Waals surface area contributed by atoms with Crippen LogP contribution in [0.2, 0.25) is 0 Å². The molecule has 0 unspecified atom stereocenters. The molecule has 0 aromatic heterocycles. The number of benzene rings is 1. The lowest BCUT2D eigenvalue weighted by molar-refractivity contribution is -0.149. The first-order valence-electron chi connectivity index (χ1n) is 9.71. The molecule has 1 saturated heterocycles. The number of amides is 1. The second kappa shape index (κ2) is 8.03. The van der Waals surface area contributed by atoms with Crippen LogP contribution in [-0.2, 0) is 15.0 Å². The number of hydrogen-bond donors (Lipinski definition) is 1. The van der Waals surface area contributed by atoms with E-state index in [9.17, 15) is 14.7 Å². The van der Waals surface area contributed by atoms with Crippen molar-refractivity contribution in [2.75, 3.05) is 13.1 Å². The smallest absolute Gasteiger partial charge is 0.314 e. The van der Waals surface area contributed by atoms with Crippen LogP contribution in [0.3, 0.4) is 0 Å². The fourth-order valence-corrected chi connectivity index (χ4v) is 4.45. The van der Waals surface area contributed by atoms with Gasteiger partial charge in [-0.15, -0.1) is 0 Å². The molecular formula is C21H29NO3. The average Bonchev–Trinajstić information content (AvgIpc) is 2.61. The zero-order valence-corrected chi connectivity index (χ0v) is 15.0. The number of aliphatic carboxylic acids is 1. The molecule has 2 fully saturated rings. The topological polar surface area (TPSA) is 57.6 Å². The van der Waals surface area contributed by atoms with Gasteiger partial charge in [0.1, 0.15) is 0 Å². The standard InChI is InChI=1S/C21H29NO3/c23-19(17-9-5-2-1-3-6-10-17)22-15-13-21(14-16-22,20(24)25)18-11-7-4-8-12-18/h4,7-8,11-12,17H,1-3,5-6,9-10,13-16H2,(H,24,25). The second-order valence-electron chi connectivity index (χ2n) is 7.62. The van der Waals surface area contributed by atoms with Crippen molar-refractivity contribution in [2.45, 2.75) is 63.2 Å². The molecule has 2 aliphatic rings. The van der Waals surface area contributed by atoms with E-state index in [4.69, 9.17) is 0 Å². The van der Waals surface area contributed by atoms with Crippen LogP contribution in [0.1, 0.15) is 63.4 Å². The van der Waals surface area contributed by atoms with Crippen LogP contribution in [0.15, 0.2) is 30.3 Å². The Labute approximate surface area is 150 Å². The van der Waals surface area contributed by atoms with Crippen molar-refractivity contribution in [1.29, 1.82) is 0 Å². The van der Waals surface area contributed by atoms with Crippen molar-refractivity contribution in [1.82, 2.24) is 4.90 Å². The lowest BCUT2D eigenvalue weighted by Crippen LogP contribution is -2.50. The van der Waals surface area contributed by atoms with Gasteiger partial charge in [0, 0.05) is 19.0 Å². The van der Waals surface area contributed by atoms with E-state index in [1.54, 1.807) is 0 Å². The molecule has 1 aliphatic heterocycles. The Morgan fingerprint density at radius 2 is 1.48 bits per heavy atom. The molecule has 0 spiro atoms. The Kier molecular flexibility index (Phi) is 5.77. The normalized spacial score (nSPS) is 22.0. The summed E-state index contributed by atoms with van der Waals surface area (Å²) in [6.45, 7) is 1.10. The van der Waals surface area contributed by atoms with Crippen LogP contribution in [0.25, 0.3) is 0 Å². The van der Waals surface area contributed by atoms with Crippen molar-refractivity contribution in [3.63, 3.8) is 0 Å². The minimum absolute atomic E-state index is 0.148. The van der Waals surface area contributed by atoms with Crippen LogP contribution < -0.4 is 0 Å². The number of rotatable bonds is 3. The maximum absolute atomic E-state index is 12.9. The summed E-state index contributed by atoms with van der Waals surface area (Å²) in [5, 5.41) is 9.88. The first-order chi connectivity index (χ1) is 12.1. The fourth-order valence-electron chi connectivity index (χ4n) is 4.45. The van der Waals surface area contributed by atoms with Crippen molar-refractivity contribution >= 4 is 11.9 Å². The van der Waals surface area contributed by atoms with Gasteiger partial charge in [-0.05, 0) is 31.2 Å². The Hall–Kier alpha value is -1.84. The van der Waals surface area contributed by atoms with Crippen molar-refractivity contribution in [2.24, 2.45) is 5.92 Å². The van der Waals surface area contributed by atoms with E-state index in [0.717, 1.165) is 31.2 Å². The van der Waals surface area contributed by atoms with Gasteiger partial charge in [0.2, 0.25) is 5.91 Å². The van der Waals surface area contributed by atoms with Crippen LogP contribution in [-0.4, -0.2) is 35.0 Å². The summed E-state index contributed by atoms with van der Waals surface area (Å²) in [6.07, 6.45) is 9.06. The summed E-state index contributed by atoms with van der Waals surface area (Å²) in [5.74, 6) is -0.361. The lowest BCUT2D eigenvalue weighted by atomic mass is 9.72. The lowest BCUT2D eigenvalue weighted by Gasteiger charge is -2.40. The number of piperidine rings is 1.